The zero-order valence-electron chi connectivity index (χ0n) is 13.4. The van der Waals surface area contributed by atoms with Crippen LogP contribution in [0.4, 0.5) is 5.82 Å². The molecular weight excluding hydrogens is 406 g/mol. The summed E-state index contributed by atoms with van der Waals surface area (Å²) in [5.41, 5.74) is 1.51. The van der Waals surface area contributed by atoms with Crippen molar-refractivity contribution in [2.24, 2.45) is 0 Å². The summed E-state index contributed by atoms with van der Waals surface area (Å²) in [5.74, 6) is 0.677. The summed E-state index contributed by atoms with van der Waals surface area (Å²) in [6.07, 6.45) is 1.81. The predicted octanol–water partition coefficient (Wildman–Crippen LogP) is 4.61. The first-order valence-corrected chi connectivity index (χ1v) is 8.65. The monoisotopic (exact) mass is 419 g/mol. The number of nitrogens with one attached hydrogen (secondary N) is 1. The van der Waals surface area contributed by atoms with Crippen LogP contribution in [-0.4, -0.2) is 22.8 Å². The van der Waals surface area contributed by atoms with Gasteiger partial charge in [-0.2, -0.15) is 5.10 Å². The minimum atomic E-state index is -0.283. The molecule has 0 aliphatic heterocycles. The second kappa shape index (κ2) is 7.72. The molecule has 0 saturated heterocycles. The van der Waals surface area contributed by atoms with Crippen molar-refractivity contribution in [3.05, 3.63) is 75.4 Å². The molecule has 1 N–H and O–H groups in total. The Labute approximate surface area is 158 Å². The van der Waals surface area contributed by atoms with Crippen LogP contribution in [0.25, 0.3) is 0 Å². The fourth-order valence-electron chi connectivity index (χ4n) is 2.35. The molecule has 0 unspecified atom stereocenters. The summed E-state index contributed by atoms with van der Waals surface area (Å²) in [5, 5.41) is 7.90. The first kappa shape index (κ1) is 17.5. The molecule has 0 bridgehead atoms. The van der Waals surface area contributed by atoms with Gasteiger partial charge in [0.2, 0.25) is 0 Å². The van der Waals surface area contributed by atoms with Gasteiger partial charge in [-0.25, -0.2) is 0 Å². The Hall–Kier alpha value is -2.31. The number of nitrogens with zero attached hydrogens (tertiary/aromatic N) is 2. The number of hydrogen-bond donors (Lipinski definition) is 1. The van der Waals surface area contributed by atoms with Gasteiger partial charge in [-0.05, 0) is 45.8 Å². The summed E-state index contributed by atoms with van der Waals surface area (Å²) in [6.45, 7) is 0.570. The molecule has 0 spiro atoms. The Morgan fingerprint density at radius 2 is 1.96 bits per heavy atom. The van der Waals surface area contributed by atoms with Gasteiger partial charge in [0.05, 0.1) is 23.7 Å². The lowest BCUT2D eigenvalue weighted by Crippen LogP contribution is -2.14. The van der Waals surface area contributed by atoms with E-state index in [1.54, 1.807) is 22.9 Å². The number of rotatable bonds is 5. The average Bonchev–Trinajstić information content (AvgIpc) is 2.96. The molecule has 1 amide bonds. The molecule has 0 atom stereocenters. The summed E-state index contributed by atoms with van der Waals surface area (Å²) >= 11 is 9.32. The molecule has 1 aromatic heterocycles. The van der Waals surface area contributed by atoms with E-state index in [-0.39, 0.29) is 5.91 Å². The zero-order valence-corrected chi connectivity index (χ0v) is 15.7. The van der Waals surface area contributed by atoms with Gasteiger partial charge in [0.1, 0.15) is 5.75 Å². The van der Waals surface area contributed by atoms with E-state index in [1.165, 1.54) is 7.11 Å². The minimum absolute atomic E-state index is 0.283. The van der Waals surface area contributed by atoms with Crippen molar-refractivity contribution < 1.29 is 9.53 Å². The number of methoxy groups -OCH3 is 1. The summed E-state index contributed by atoms with van der Waals surface area (Å²) in [4.78, 5) is 12.5. The quantitative estimate of drug-likeness (QED) is 0.656. The van der Waals surface area contributed by atoms with Crippen LogP contribution in [-0.2, 0) is 6.54 Å². The van der Waals surface area contributed by atoms with Crippen LogP contribution in [0, 0.1) is 0 Å². The number of ether oxygens (including phenoxy) is 1. The molecule has 25 heavy (non-hydrogen) atoms. The zero-order chi connectivity index (χ0) is 17.8. The molecular formula is C18H15BrClN3O2. The molecule has 3 rings (SSSR count). The fourth-order valence-corrected chi connectivity index (χ4v) is 2.89. The molecule has 0 saturated carbocycles. The Kier molecular flexibility index (Phi) is 5.40. The van der Waals surface area contributed by atoms with Crippen molar-refractivity contribution in [1.82, 2.24) is 9.78 Å². The molecule has 2 aromatic carbocycles. The molecule has 0 aliphatic rings. The maximum absolute atomic E-state index is 12.5. The summed E-state index contributed by atoms with van der Waals surface area (Å²) < 4.78 is 7.66. The Bertz CT molecular complexity index is 894. The second-order valence-corrected chi connectivity index (χ2v) is 6.59. The van der Waals surface area contributed by atoms with Crippen molar-refractivity contribution in [3.63, 3.8) is 0 Å². The first-order chi connectivity index (χ1) is 12.1. The van der Waals surface area contributed by atoms with Gasteiger partial charge in [0.25, 0.3) is 5.91 Å². The van der Waals surface area contributed by atoms with E-state index in [0.29, 0.717) is 33.2 Å². The number of carbonyl (C=O) groups excluding carboxylic acids is 1. The SMILES string of the molecule is COc1ccccc1C(=O)Nc1nn(Cc2ccc(Cl)cc2)cc1Br. The topological polar surface area (TPSA) is 56.1 Å². The maximum atomic E-state index is 12.5. The molecule has 7 heteroatoms. The number of amides is 1. The van der Waals surface area contributed by atoms with Gasteiger partial charge in [0, 0.05) is 11.2 Å². The third-order valence-electron chi connectivity index (χ3n) is 3.56. The third kappa shape index (κ3) is 4.21. The van der Waals surface area contributed by atoms with E-state index in [9.17, 15) is 4.79 Å². The fraction of sp³-hybridized carbons (Fsp3) is 0.111. The predicted molar refractivity (Wildman–Crippen MR) is 101 cm³/mol. The molecule has 1 heterocycles. The van der Waals surface area contributed by atoms with E-state index in [2.05, 4.69) is 26.3 Å². The van der Waals surface area contributed by atoms with E-state index < -0.39 is 0 Å². The van der Waals surface area contributed by atoms with Crippen LogP contribution in [0.1, 0.15) is 15.9 Å². The normalized spacial score (nSPS) is 10.5. The standard InChI is InChI=1S/C18H15BrClN3O2/c1-25-16-5-3-2-4-14(16)18(24)21-17-15(19)11-23(22-17)10-12-6-8-13(20)9-7-12/h2-9,11H,10H2,1H3,(H,21,22,24). The molecule has 0 fully saturated rings. The number of hydrogen-bond acceptors (Lipinski definition) is 3. The van der Waals surface area contributed by atoms with Crippen molar-refractivity contribution in [1.29, 1.82) is 0 Å². The van der Waals surface area contributed by atoms with E-state index in [4.69, 9.17) is 16.3 Å². The summed E-state index contributed by atoms with van der Waals surface area (Å²) in [6, 6.07) is 14.6. The van der Waals surface area contributed by atoms with Crippen molar-refractivity contribution in [2.45, 2.75) is 6.54 Å². The van der Waals surface area contributed by atoms with Crippen LogP contribution in [0.2, 0.25) is 5.02 Å². The van der Waals surface area contributed by atoms with Gasteiger partial charge >= 0.3 is 0 Å². The smallest absolute Gasteiger partial charge is 0.260 e. The van der Waals surface area contributed by atoms with Crippen LogP contribution in [0.5, 0.6) is 5.75 Å². The largest absolute Gasteiger partial charge is 0.496 e. The average molecular weight is 421 g/mol. The van der Waals surface area contributed by atoms with E-state index in [1.807, 2.05) is 36.5 Å². The Morgan fingerprint density at radius 3 is 2.68 bits per heavy atom. The van der Waals surface area contributed by atoms with Gasteiger partial charge in [-0.3, -0.25) is 9.48 Å². The molecule has 0 aliphatic carbocycles. The highest BCUT2D eigenvalue weighted by atomic mass is 79.9. The van der Waals surface area contributed by atoms with Crippen LogP contribution >= 0.6 is 27.5 Å². The molecule has 128 valence electrons. The number of halogens is 2. The van der Waals surface area contributed by atoms with Crippen molar-refractivity contribution in [2.75, 3.05) is 12.4 Å². The summed E-state index contributed by atoms with van der Waals surface area (Å²) in [7, 11) is 1.53. The highest BCUT2D eigenvalue weighted by Crippen LogP contribution is 2.24. The van der Waals surface area contributed by atoms with Gasteiger partial charge in [0.15, 0.2) is 5.82 Å². The van der Waals surface area contributed by atoms with Crippen LogP contribution in [0.15, 0.2) is 59.2 Å². The minimum Gasteiger partial charge on any atom is -0.496 e. The lowest BCUT2D eigenvalue weighted by molar-refractivity contribution is 0.102. The maximum Gasteiger partial charge on any atom is 0.260 e. The lowest BCUT2D eigenvalue weighted by atomic mass is 10.2. The molecule has 0 radical (unpaired) electrons. The van der Waals surface area contributed by atoms with Gasteiger partial charge < -0.3 is 10.1 Å². The van der Waals surface area contributed by atoms with Gasteiger partial charge in [-0.1, -0.05) is 35.9 Å². The second-order valence-electron chi connectivity index (χ2n) is 5.30. The number of carbonyl (C=O) groups is 1. The van der Waals surface area contributed by atoms with Crippen molar-refractivity contribution in [3.8, 4) is 5.75 Å². The molecule has 3 aromatic rings. The highest BCUT2D eigenvalue weighted by molar-refractivity contribution is 9.10. The lowest BCUT2D eigenvalue weighted by Gasteiger charge is -2.07. The number of benzene rings is 2. The highest BCUT2D eigenvalue weighted by Gasteiger charge is 2.15. The van der Waals surface area contributed by atoms with E-state index >= 15 is 0 Å². The van der Waals surface area contributed by atoms with Crippen LogP contribution in [0.3, 0.4) is 0 Å². The number of aromatic nitrogens is 2. The van der Waals surface area contributed by atoms with Crippen LogP contribution < -0.4 is 10.1 Å². The van der Waals surface area contributed by atoms with Gasteiger partial charge in [-0.15, -0.1) is 0 Å². The van der Waals surface area contributed by atoms with E-state index in [0.717, 1.165) is 5.56 Å². The Balaban J connectivity index is 1.76. The Morgan fingerprint density at radius 1 is 1.24 bits per heavy atom. The third-order valence-corrected chi connectivity index (χ3v) is 4.39. The number of para-hydroxylation sites is 1. The first-order valence-electron chi connectivity index (χ1n) is 7.48. The number of anilines is 1. The molecule has 5 nitrogen and oxygen atoms in total. The van der Waals surface area contributed by atoms with Crippen molar-refractivity contribution >= 4 is 39.3 Å².